The number of hydrogen-bond donors (Lipinski definition) is 1. The van der Waals surface area contributed by atoms with Gasteiger partial charge in [-0.05, 0) is 36.2 Å². The lowest BCUT2D eigenvalue weighted by Gasteiger charge is -2.12. The minimum absolute atomic E-state index is 0.0323. The number of nitrogens with two attached hydrogens (primary N) is 1. The van der Waals surface area contributed by atoms with E-state index >= 15 is 0 Å². The first-order valence-electron chi connectivity index (χ1n) is 6.68. The summed E-state index contributed by atoms with van der Waals surface area (Å²) >= 11 is 0. The zero-order chi connectivity index (χ0) is 13.5. The maximum Gasteiger partial charge on any atom is 0.119 e. The smallest absolute Gasteiger partial charge is 0.119 e. The molecule has 1 unspecified atom stereocenters. The van der Waals surface area contributed by atoms with Crippen LogP contribution in [0.4, 0.5) is 0 Å². The van der Waals surface area contributed by atoms with Crippen LogP contribution in [0.25, 0.3) is 0 Å². The Morgan fingerprint density at radius 1 is 1.16 bits per heavy atom. The highest BCUT2D eigenvalue weighted by Crippen LogP contribution is 2.19. The number of rotatable bonds is 6. The molecule has 0 fully saturated rings. The summed E-state index contributed by atoms with van der Waals surface area (Å²) in [7, 11) is 0. The Labute approximate surface area is 114 Å². The molecule has 0 radical (unpaired) electrons. The molecule has 0 aliphatic carbocycles. The van der Waals surface area contributed by atoms with Crippen molar-refractivity contribution in [2.75, 3.05) is 6.61 Å². The monoisotopic (exact) mass is 256 g/mol. The number of ether oxygens (including phenoxy) is 1. The van der Waals surface area contributed by atoms with Gasteiger partial charge in [0.25, 0.3) is 0 Å². The van der Waals surface area contributed by atoms with Crippen molar-refractivity contribution < 1.29 is 4.74 Å². The molecule has 3 nitrogen and oxygen atoms in total. The molecule has 1 heterocycles. The molecule has 2 aromatic rings. The van der Waals surface area contributed by atoms with Gasteiger partial charge in [0.15, 0.2) is 0 Å². The summed E-state index contributed by atoms with van der Waals surface area (Å²) in [5.74, 6) is 0.899. The molecule has 1 atom stereocenters. The van der Waals surface area contributed by atoms with Crippen LogP contribution in [0.1, 0.15) is 30.6 Å². The second-order valence-electron chi connectivity index (χ2n) is 4.55. The van der Waals surface area contributed by atoms with E-state index in [4.69, 9.17) is 10.5 Å². The van der Waals surface area contributed by atoms with Crippen molar-refractivity contribution in [1.29, 1.82) is 0 Å². The van der Waals surface area contributed by atoms with Gasteiger partial charge in [-0.15, -0.1) is 0 Å². The van der Waals surface area contributed by atoms with Crippen LogP contribution < -0.4 is 10.5 Å². The molecular weight excluding hydrogens is 236 g/mol. The van der Waals surface area contributed by atoms with E-state index in [1.807, 2.05) is 42.5 Å². The Bertz CT molecular complexity index is 482. The van der Waals surface area contributed by atoms with Crippen molar-refractivity contribution in [3.05, 3.63) is 59.9 Å². The zero-order valence-corrected chi connectivity index (χ0v) is 11.3. The van der Waals surface area contributed by atoms with E-state index in [-0.39, 0.29) is 6.04 Å². The fraction of sp³-hybridized carbons (Fsp3) is 0.312. The Kier molecular flexibility index (Phi) is 4.93. The Balaban J connectivity index is 1.97. The first-order chi connectivity index (χ1) is 9.29. The molecule has 0 aliphatic heterocycles. The van der Waals surface area contributed by atoms with Crippen LogP contribution in [-0.2, 0) is 6.42 Å². The maximum atomic E-state index is 6.20. The third kappa shape index (κ3) is 4.07. The van der Waals surface area contributed by atoms with Gasteiger partial charge in [-0.3, -0.25) is 4.98 Å². The van der Waals surface area contributed by atoms with E-state index in [9.17, 15) is 0 Å². The number of hydrogen-bond acceptors (Lipinski definition) is 3. The predicted molar refractivity (Wildman–Crippen MR) is 77.1 cm³/mol. The van der Waals surface area contributed by atoms with Crippen LogP contribution in [0, 0.1) is 0 Å². The standard InChI is InChI=1S/C16H20N2O/c1-2-11-19-15-8-6-13(7-9-15)16(17)12-14-5-3-4-10-18-14/h3-10,16H,2,11-12,17H2,1H3. The van der Waals surface area contributed by atoms with E-state index in [0.29, 0.717) is 0 Å². The van der Waals surface area contributed by atoms with Gasteiger partial charge in [-0.25, -0.2) is 0 Å². The normalized spacial score (nSPS) is 12.1. The van der Waals surface area contributed by atoms with E-state index < -0.39 is 0 Å². The lowest BCUT2D eigenvalue weighted by molar-refractivity contribution is 0.317. The predicted octanol–water partition coefficient (Wildman–Crippen LogP) is 3.11. The summed E-state index contributed by atoms with van der Waals surface area (Å²) in [6.07, 6.45) is 3.56. The largest absolute Gasteiger partial charge is 0.494 e. The number of benzene rings is 1. The molecule has 19 heavy (non-hydrogen) atoms. The van der Waals surface area contributed by atoms with Crippen LogP contribution >= 0.6 is 0 Å². The Hall–Kier alpha value is -1.87. The highest BCUT2D eigenvalue weighted by molar-refractivity contribution is 5.29. The first kappa shape index (κ1) is 13.6. The van der Waals surface area contributed by atoms with Crippen LogP contribution in [-0.4, -0.2) is 11.6 Å². The van der Waals surface area contributed by atoms with Gasteiger partial charge >= 0.3 is 0 Å². The molecule has 0 spiro atoms. The molecular formula is C16H20N2O. The quantitative estimate of drug-likeness (QED) is 0.864. The van der Waals surface area contributed by atoms with E-state index in [1.165, 1.54) is 0 Å². The molecule has 100 valence electrons. The molecule has 3 heteroatoms. The number of aromatic nitrogens is 1. The van der Waals surface area contributed by atoms with E-state index in [2.05, 4.69) is 11.9 Å². The van der Waals surface area contributed by atoms with Gasteiger partial charge in [0.05, 0.1) is 6.61 Å². The van der Waals surface area contributed by atoms with Gasteiger partial charge in [-0.2, -0.15) is 0 Å². The molecule has 0 saturated heterocycles. The van der Waals surface area contributed by atoms with Gasteiger partial charge in [0.2, 0.25) is 0 Å². The first-order valence-corrected chi connectivity index (χ1v) is 6.68. The fourth-order valence-electron chi connectivity index (χ4n) is 1.89. The molecule has 2 N–H and O–H groups in total. The average molecular weight is 256 g/mol. The van der Waals surface area contributed by atoms with Crippen LogP contribution in [0.2, 0.25) is 0 Å². The fourth-order valence-corrected chi connectivity index (χ4v) is 1.89. The molecule has 2 rings (SSSR count). The molecule has 1 aromatic carbocycles. The van der Waals surface area contributed by atoms with Gasteiger partial charge in [0, 0.05) is 24.4 Å². The third-order valence-corrected chi connectivity index (χ3v) is 2.94. The molecule has 0 saturated carbocycles. The van der Waals surface area contributed by atoms with Crippen LogP contribution in [0.3, 0.4) is 0 Å². The van der Waals surface area contributed by atoms with Crippen molar-refractivity contribution in [3.63, 3.8) is 0 Å². The van der Waals surface area contributed by atoms with Crippen molar-refractivity contribution in [1.82, 2.24) is 4.98 Å². The molecule has 1 aromatic heterocycles. The highest BCUT2D eigenvalue weighted by atomic mass is 16.5. The van der Waals surface area contributed by atoms with Crippen LogP contribution in [0.15, 0.2) is 48.7 Å². The van der Waals surface area contributed by atoms with E-state index in [1.54, 1.807) is 6.20 Å². The number of nitrogens with zero attached hydrogens (tertiary/aromatic N) is 1. The van der Waals surface area contributed by atoms with Gasteiger partial charge in [0.1, 0.15) is 5.75 Å². The van der Waals surface area contributed by atoms with Crippen molar-refractivity contribution in [3.8, 4) is 5.75 Å². The highest BCUT2D eigenvalue weighted by Gasteiger charge is 2.07. The zero-order valence-electron chi connectivity index (χ0n) is 11.3. The van der Waals surface area contributed by atoms with Gasteiger partial charge < -0.3 is 10.5 Å². The van der Waals surface area contributed by atoms with Crippen LogP contribution in [0.5, 0.6) is 5.75 Å². The average Bonchev–Trinajstić information content (AvgIpc) is 2.46. The second-order valence-corrected chi connectivity index (χ2v) is 4.55. The maximum absolute atomic E-state index is 6.20. The summed E-state index contributed by atoms with van der Waals surface area (Å²) in [6.45, 7) is 2.84. The summed E-state index contributed by atoms with van der Waals surface area (Å²) in [5, 5.41) is 0. The number of pyridine rings is 1. The lowest BCUT2D eigenvalue weighted by Crippen LogP contribution is -2.13. The lowest BCUT2D eigenvalue weighted by atomic mass is 10.0. The van der Waals surface area contributed by atoms with Crippen molar-refractivity contribution in [2.24, 2.45) is 5.73 Å². The van der Waals surface area contributed by atoms with E-state index in [0.717, 1.165) is 36.5 Å². The second kappa shape index (κ2) is 6.90. The minimum atomic E-state index is -0.0323. The van der Waals surface area contributed by atoms with Crippen molar-refractivity contribution >= 4 is 0 Å². The minimum Gasteiger partial charge on any atom is -0.494 e. The summed E-state index contributed by atoms with van der Waals surface area (Å²) < 4.78 is 5.56. The Morgan fingerprint density at radius 3 is 2.58 bits per heavy atom. The molecule has 0 amide bonds. The van der Waals surface area contributed by atoms with Gasteiger partial charge in [-0.1, -0.05) is 25.1 Å². The SMILES string of the molecule is CCCOc1ccc(C(N)Cc2ccccn2)cc1. The summed E-state index contributed by atoms with van der Waals surface area (Å²) in [6, 6.07) is 13.9. The molecule has 0 bridgehead atoms. The third-order valence-electron chi connectivity index (χ3n) is 2.94. The topological polar surface area (TPSA) is 48.1 Å². The summed E-state index contributed by atoms with van der Waals surface area (Å²) in [5.41, 5.74) is 8.32. The molecule has 0 aliphatic rings. The Morgan fingerprint density at radius 2 is 1.95 bits per heavy atom. The van der Waals surface area contributed by atoms with Crippen molar-refractivity contribution in [2.45, 2.75) is 25.8 Å². The summed E-state index contributed by atoms with van der Waals surface area (Å²) in [4.78, 5) is 4.30.